The highest BCUT2D eigenvalue weighted by Gasteiger charge is 2.29. The maximum absolute atomic E-state index is 13.0. The van der Waals surface area contributed by atoms with Crippen LogP contribution < -0.4 is 15.4 Å². The van der Waals surface area contributed by atoms with Crippen LogP contribution in [0.15, 0.2) is 67.1 Å². The highest BCUT2D eigenvalue weighted by atomic mass is 16.5. The molecule has 8 nitrogen and oxygen atoms in total. The van der Waals surface area contributed by atoms with Gasteiger partial charge in [-0.2, -0.15) is 5.10 Å². The number of pyridine rings is 1. The Kier molecular flexibility index (Phi) is 5.25. The van der Waals surface area contributed by atoms with Crippen LogP contribution in [0, 0.1) is 0 Å². The van der Waals surface area contributed by atoms with E-state index in [1.807, 2.05) is 54.6 Å². The second-order valence-electron chi connectivity index (χ2n) is 7.58. The van der Waals surface area contributed by atoms with Gasteiger partial charge >= 0.3 is 0 Å². The van der Waals surface area contributed by atoms with Crippen LogP contribution >= 0.6 is 0 Å². The fourth-order valence-electron chi connectivity index (χ4n) is 4.07. The number of para-hydroxylation sites is 1. The van der Waals surface area contributed by atoms with Gasteiger partial charge in [0.1, 0.15) is 17.9 Å². The predicted molar refractivity (Wildman–Crippen MR) is 122 cm³/mol. The Balaban J connectivity index is 1.33. The summed E-state index contributed by atoms with van der Waals surface area (Å²) >= 11 is 0. The topological polar surface area (TPSA) is 105 Å². The van der Waals surface area contributed by atoms with Crippen LogP contribution in [-0.4, -0.2) is 33.2 Å². The van der Waals surface area contributed by atoms with E-state index in [9.17, 15) is 4.79 Å². The summed E-state index contributed by atoms with van der Waals surface area (Å²) in [6.07, 6.45) is 4.78. The lowest BCUT2D eigenvalue weighted by Gasteiger charge is -2.14. The van der Waals surface area contributed by atoms with Crippen LogP contribution in [0.1, 0.15) is 23.5 Å². The number of anilines is 3. The summed E-state index contributed by atoms with van der Waals surface area (Å²) in [4.78, 5) is 21.6. The smallest absolute Gasteiger partial charge is 0.233 e. The zero-order chi connectivity index (χ0) is 21.9. The van der Waals surface area contributed by atoms with Gasteiger partial charge in [-0.05, 0) is 54.3 Å². The van der Waals surface area contributed by atoms with Crippen LogP contribution in [0.4, 0.5) is 17.2 Å². The number of hydrogen-bond donors (Lipinski definition) is 3. The molecule has 0 saturated heterocycles. The number of amides is 1. The molecule has 1 unspecified atom stereocenters. The fraction of sp³-hybridized carbons (Fsp3) is 0.167. The third-order valence-corrected chi connectivity index (χ3v) is 5.63. The highest BCUT2D eigenvalue weighted by molar-refractivity contribution is 5.96. The van der Waals surface area contributed by atoms with Crippen molar-refractivity contribution in [3.05, 3.63) is 78.2 Å². The number of H-pyrrole nitrogens is 1. The Bertz CT molecular complexity index is 1260. The van der Waals surface area contributed by atoms with Gasteiger partial charge in [-0.1, -0.05) is 18.2 Å². The summed E-state index contributed by atoms with van der Waals surface area (Å²) in [5, 5.41) is 13.2. The van der Waals surface area contributed by atoms with E-state index in [1.165, 1.54) is 6.33 Å². The zero-order valence-corrected chi connectivity index (χ0v) is 17.5. The number of carbonyl (C=O) groups excluding carboxylic acids is 1. The summed E-state index contributed by atoms with van der Waals surface area (Å²) in [6.45, 7) is 0. The van der Waals surface area contributed by atoms with Gasteiger partial charge in [0.2, 0.25) is 5.91 Å². The van der Waals surface area contributed by atoms with E-state index in [0.717, 1.165) is 46.7 Å². The first-order chi connectivity index (χ1) is 15.7. The van der Waals surface area contributed by atoms with Gasteiger partial charge in [0.05, 0.1) is 13.0 Å². The Labute approximate surface area is 185 Å². The second-order valence-corrected chi connectivity index (χ2v) is 7.58. The average molecular weight is 426 g/mol. The summed E-state index contributed by atoms with van der Waals surface area (Å²) in [5.41, 5.74) is 4.78. The lowest BCUT2D eigenvalue weighted by atomic mass is 10.0. The molecule has 0 bridgehead atoms. The SMILES string of the molecule is COc1ccc2c(c1)CCC2C(=O)Nc1cc(Nc2ccccc2-c2ncn[nH]2)ccn1. The number of hydrogen-bond acceptors (Lipinski definition) is 6. The van der Waals surface area contributed by atoms with Gasteiger partial charge in [-0.3, -0.25) is 9.89 Å². The number of ether oxygens (including phenoxy) is 1. The van der Waals surface area contributed by atoms with Crippen molar-refractivity contribution < 1.29 is 9.53 Å². The van der Waals surface area contributed by atoms with E-state index in [-0.39, 0.29) is 11.8 Å². The third-order valence-electron chi connectivity index (χ3n) is 5.63. The van der Waals surface area contributed by atoms with Crippen molar-refractivity contribution in [1.29, 1.82) is 0 Å². The minimum absolute atomic E-state index is 0.0550. The van der Waals surface area contributed by atoms with Crippen molar-refractivity contribution in [1.82, 2.24) is 20.2 Å². The minimum atomic E-state index is -0.193. The third kappa shape index (κ3) is 3.90. The molecule has 2 aromatic heterocycles. The molecule has 8 heteroatoms. The Morgan fingerprint density at radius 2 is 2.03 bits per heavy atom. The fourth-order valence-corrected chi connectivity index (χ4v) is 4.07. The first-order valence-electron chi connectivity index (χ1n) is 10.4. The number of aromatic amines is 1. The number of carbonyl (C=O) groups is 1. The molecule has 1 aliphatic rings. The van der Waals surface area contributed by atoms with E-state index < -0.39 is 0 Å². The first kappa shape index (κ1) is 19.7. The molecular weight excluding hydrogens is 404 g/mol. The molecule has 1 aliphatic carbocycles. The molecule has 0 saturated carbocycles. The summed E-state index contributed by atoms with van der Waals surface area (Å²) in [5.74, 6) is 1.74. The van der Waals surface area contributed by atoms with Gasteiger partial charge < -0.3 is 15.4 Å². The van der Waals surface area contributed by atoms with E-state index >= 15 is 0 Å². The Morgan fingerprint density at radius 1 is 1.12 bits per heavy atom. The molecule has 2 aromatic carbocycles. The van der Waals surface area contributed by atoms with Crippen molar-refractivity contribution in [2.24, 2.45) is 0 Å². The molecule has 32 heavy (non-hydrogen) atoms. The van der Waals surface area contributed by atoms with Gasteiger partial charge in [-0.15, -0.1) is 0 Å². The lowest BCUT2D eigenvalue weighted by Crippen LogP contribution is -2.20. The molecule has 0 spiro atoms. The maximum Gasteiger partial charge on any atom is 0.233 e. The van der Waals surface area contributed by atoms with E-state index in [0.29, 0.717) is 11.6 Å². The van der Waals surface area contributed by atoms with Crippen molar-refractivity contribution in [2.75, 3.05) is 17.7 Å². The van der Waals surface area contributed by atoms with Gasteiger partial charge in [0, 0.05) is 29.2 Å². The van der Waals surface area contributed by atoms with Crippen LogP contribution in [-0.2, 0) is 11.2 Å². The van der Waals surface area contributed by atoms with Crippen molar-refractivity contribution in [3.8, 4) is 17.1 Å². The monoisotopic (exact) mass is 426 g/mol. The van der Waals surface area contributed by atoms with Crippen molar-refractivity contribution >= 4 is 23.1 Å². The normalized spacial score (nSPS) is 14.6. The number of aryl methyl sites for hydroxylation is 1. The first-order valence-corrected chi connectivity index (χ1v) is 10.4. The molecule has 1 amide bonds. The number of nitrogens with zero attached hydrogens (tertiary/aromatic N) is 3. The molecule has 160 valence electrons. The largest absolute Gasteiger partial charge is 0.497 e. The molecule has 0 aliphatic heterocycles. The van der Waals surface area contributed by atoms with Gasteiger partial charge in [0.25, 0.3) is 0 Å². The number of nitrogens with one attached hydrogen (secondary N) is 3. The number of rotatable bonds is 6. The van der Waals surface area contributed by atoms with E-state index in [2.05, 4.69) is 30.8 Å². The van der Waals surface area contributed by atoms with Crippen LogP contribution in [0.2, 0.25) is 0 Å². The summed E-state index contributed by atoms with van der Waals surface area (Å²) < 4.78 is 5.30. The Morgan fingerprint density at radius 3 is 2.88 bits per heavy atom. The summed E-state index contributed by atoms with van der Waals surface area (Å²) in [7, 11) is 1.65. The Hall–Kier alpha value is -4.20. The van der Waals surface area contributed by atoms with Crippen LogP contribution in [0.25, 0.3) is 11.4 Å². The second kappa shape index (κ2) is 8.50. The number of benzene rings is 2. The standard InChI is InChI=1S/C24H22N6O2/c1-32-17-7-9-18-15(12-17)6-8-19(18)24(31)29-22-13-16(10-11-25-22)28-21-5-3-2-4-20(21)23-26-14-27-30-23/h2-5,7,9-14,19H,6,8H2,1H3,(H,26,27,30)(H2,25,28,29,31). The number of methoxy groups -OCH3 is 1. The van der Waals surface area contributed by atoms with Crippen molar-refractivity contribution in [2.45, 2.75) is 18.8 Å². The van der Waals surface area contributed by atoms with Gasteiger partial charge in [-0.25, -0.2) is 9.97 Å². The van der Waals surface area contributed by atoms with Gasteiger partial charge in [0.15, 0.2) is 5.82 Å². The molecule has 0 fully saturated rings. The molecule has 1 atom stereocenters. The highest BCUT2D eigenvalue weighted by Crippen LogP contribution is 2.36. The zero-order valence-electron chi connectivity index (χ0n) is 17.5. The predicted octanol–water partition coefficient (Wildman–Crippen LogP) is 4.29. The summed E-state index contributed by atoms with van der Waals surface area (Å²) in [6, 6.07) is 17.4. The molecular formula is C24H22N6O2. The number of fused-ring (bicyclic) bond motifs is 1. The van der Waals surface area contributed by atoms with Crippen LogP contribution in [0.5, 0.6) is 5.75 Å². The molecule has 4 aromatic rings. The average Bonchev–Trinajstić information content (AvgIpc) is 3.49. The molecule has 0 radical (unpaired) electrons. The molecule has 5 rings (SSSR count). The molecule has 2 heterocycles. The van der Waals surface area contributed by atoms with E-state index in [4.69, 9.17) is 4.74 Å². The maximum atomic E-state index is 13.0. The number of aromatic nitrogens is 4. The van der Waals surface area contributed by atoms with E-state index in [1.54, 1.807) is 13.3 Å². The lowest BCUT2D eigenvalue weighted by molar-refractivity contribution is -0.117. The quantitative estimate of drug-likeness (QED) is 0.425. The molecule has 3 N–H and O–H groups in total. The minimum Gasteiger partial charge on any atom is -0.497 e. The van der Waals surface area contributed by atoms with Crippen LogP contribution in [0.3, 0.4) is 0 Å². The van der Waals surface area contributed by atoms with Crippen molar-refractivity contribution in [3.63, 3.8) is 0 Å².